The highest BCUT2D eigenvalue weighted by Gasteiger charge is 2.06. The molecule has 0 fully saturated rings. The molecular weight excluding hydrogens is 805 g/mol. The van der Waals surface area contributed by atoms with Gasteiger partial charge in [-0.1, -0.05) is 133 Å². The average Bonchev–Trinajstić information content (AvgIpc) is 3.33. The Hall–Kier alpha value is -8.76. The van der Waals surface area contributed by atoms with Gasteiger partial charge in [0, 0.05) is 18.4 Å². The first kappa shape index (κ1) is 46.3. The second-order valence-corrected chi connectivity index (χ2v) is 14.2. The maximum atomic E-state index is 10.7. The SMILES string of the molecule is CNc1ccc(-c2ccc(C(=O)O)cc2)cc1.Cc1ccc(-c2ccc(C(=O)O)cc2)cc1.Nc1ccc(-c2ccc(C(=O)O)cc2)cc1.O=C(O)c1ccc(-c2ccccc2)cc1. The quantitative estimate of drug-likeness (QED) is 0.0763. The molecule has 0 atom stereocenters. The third kappa shape index (κ3) is 13.6. The van der Waals surface area contributed by atoms with Crippen LogP contribution in [-0.4, -0.2) is 51.4 Å². The average molecular weight is 851 g/mol. The highest BCUT2D eigenvalue weighted by molar-refractivity contribution is 5.90. The number of carboxylic acids is 4. The molecule has 7 N–H and O–H groups in total. The Morgan fingerprint density at radius 3 is 0.844 bits per heavy atom. The summed E-state index contributed by atoms with van der Waals surface area (Å²) >= 11 is 0. The van der Waals surface area contributed by atoms with Crippen molar-refractivity contribution in [3.05, 3.63) is 228 Å². The van der Waals surface area contributed by atoms with Crippen LogP contribution in [0.15, 0.2) is 200 Å². The fourth-order valence-corrected chi connectivity index (χ4v) is 6.10. The fraction of sp³-hybridized carbons (Fsp3) is 0.0370. The maximum absolute atomic E-state index is 10.7. The first-order valence-electron chi connectivity index (χ1n) is 19.9. The normalized spacial score (nSPS) is 9.97. The molecule has 8 aromatic rings. The van der Waals surface area contributed by atoms with E-state index in [0.717, 1.165) is 50.2 Å². The summed E-state index contributed by atoms with van der Waals surface area (Å²) in [6.07, 6.45) is 0. The monoisotopic (exact) mass is 850 g/mol. The van der Waals surface area contributed by atoms with Crippen molar-refractivity contribution in [2.75, 3.05) is 18.1 Å². The van der Waals surface area contributed by atoms with E-state index in [1.807, 2.05) is 153 Å². The molecule has 0 aliphatic heterocycles. The molecule has 0 aliphatic carbocycles. The standard InChI is InChI=1S/C14H13NO2.C14H12O2.C13H11NO2.C13H10O2/c1-15-13-8-6-11(7-9-13)10-2-4-12(5-3-10)14(16)17;1-10-2-4-11(5-3-10)12-6-8-13(9-7-12)14(15)16;14-12-7-5-10(6-8-12)9-1-3-11(4-2-9)13(15)16;14-13(15)12-8-6-11(7-9-12)10-4-2-1-3-5-10/h2-9,15H,1H3,(H,16,17);2-9H,1H3,(H,15,16);1-8H,14H2,(H,15,16);1-9H,(H,14,15). The molecule has 10 nitrogen and oxygen atoms in total. The van der Waals surface area contributed by atoms with Gasteiger partial charge in [0.1, 0.15) is 0 Å². The van der Waals surface area contributed by atoms with Crippen molar-refractivity contribution in [1.29, 1.82) is 0 Å². The Morgan fingerprint density at radius 2 is 0.578 bits per heavy atom. The van der Waals surface area contributed by atoms with Gasteiger partial charge in [-0.15, -0.1) is 0 Å². The molecule has 320 valence electrons. The number of carbonyl (C=O) groups is 4. The van der Waals surface area contributed by atoms with Crippen molar-refractivity contribution in [2.45, 2.75) is 6.92 Å². The van der Waals surface area contributed by atoms with Crippen molar-refractivity contribution in [3.63, 3.8) is 0 Å². The number of nitrogens with one attached hydrogen (secondary N) is 1. The van der Waals surface area contributed by atoms with Gasteiger partial charge in [0.2, 0.25) is 0 Å². The minimum Gasteiger partial charge on any atom is -0.478 e. The second-order valence-electron chi connectivity index (χ2n) is 14.2. The van der Waals surface area contributed by atoms with Crippen molar-refractivity contribution < 1.29 is 39.6 Å². The van der Waals surface area contributed by atoms with Crippen LogP contribution in [0.5, 0.6) is 0 Å². The summed E-state index contributed by atoms with van der Waals surface area (Å²) in [6.45, 7) is 2.04. The van der Waals surface area contributed by atoms with Crippen molar-refractivity contribution in [1.82, 2.24) is 0 Å². The van der Waals surface area contributed by atoms with Gasteiger partial charge >= 0.3 is 23.9 Å². The van der Waals surface area contributed by atoms with Crippen LogP contribution >= 0.6 is 0 Å². The van der Waals surface area contributed by atoms with E-state index < -0.39 is 23.9 Å². The van der Waals surface area contributed by atoms with Gasteiger partial charge in [-0.05, 0) is 124 Å². The first-order valence-corrected chi connectivity index (χ1v) is 19.9. The van der Waals surface area contributed by atoms with Gasteiger partial charge in [-0.2, -0.15) is 0 Å². The van der Waals surface area contributed by atoms with Crippen LogP contribution in [-0.2, 0) is 0 Å². The van der Waals surface area contributed by atoms with Gasteiger partial charge in [0.15, 0.2) is 0 Å². The topological polar surface area (TPSA) is 187 Å². The van der Waals surface area contributed by atoms with Crippen LogP contribution in [0.1, 0.15) is 47.0 Å². The summed E-state index contributed by atoms with van der Waals surface area (Å²) in [5, 5.41) is 38.2. The number of nitrogens with two attached hydrogens (primary N) is 1. The predicted octanol–water partition coefficient (Wildman–Crippen LogP) is 12.1. The summed E-state index contributed by atoms with van der Waals surface area (Å²) in [5.74, 6) is -3.60. The lowest BCUT2D eigenvalue weighted by atomic mass is 10.0. The first-order chi connectivity index (χ1) is 30.8. The number of hydrogen-bond donors (Lipinski definition) is 6. The zero-order valence-electron chi connectivity index (χ0n) is 35.1. The number of benzene rings is 8. The summed E-state index contributed by atoms with van der Waals surface area (Å²) < 4.78 is 0. The third-order valence-corrected chi connectivity index (χ3v) is 9.77. The molecule has 8 aromatic carbocycles. The van der Waals surface area contributed by atoms with Gasteiger partial charge in [0.25, 0.3) is 0 Å². The highest BCUT2D eigenvalue weighted by atomic mass is 16.4. The lowest BCUT2D eigenvalue weighted by Crippen LogP contribution is -1.95. The Kier molecular flexibility index (Phi) is 16.4. The molecule has 0 bridgehead atoms. The zero-order valence-corrected chi connectivity index (χ0v) is 35.1. The number of carboxylic acid groups (broad SMARTS) is 4. The van der Waals surface area contributed by atoms with Gasteiger partial charge < -0.3 is 31.5 Å². The highest BCUT2D eigenvalue weighted by Crippen LogP contribution is 2.24. The van der Waals surface area contributed by atoms with Crippen LogP contribution in [0, 0.1) is 6.92 Å². The molecule has 0 saturated carbocycles. The van der Waals surface area contributed by atoms with Gasteiger partial charge in [-0.3, -0.25) is 0 Å². The third-order valence-electron chi connectivity index (χ3n) is 9.77. The molecule has 0 aromatic heterocycles. The molecule has 0 unspecified atom stereocenters. The molecule has 0 aliphatic rings. The Morgan fingerprint density at radius 1 is 0.344 bits per heavy atom. The fourth-order valence-electron chi connectivity index (χ4n) is 6.10. The molecule has 8 rings (SSSR count). The molecule has 0 amide bonds. The van der Waals surface area contributed by atoms with Crippen LogP contribution in [0.25, 0.3) is 44.5 Å². The number of hydrogen-bond acceptors (Lipinski definition) is 6. The second kappa shape index (κ2) is 22.7. The molecular formula is C54H46N2O8. The van der Waals surface area contributed by atoms with Crippen LogP contribution in [0.3, 0.4) is 0 Å². The number of anilines is 2. The zero-order chi connectivity index (χ0) is 46.0. The Bertz CT molecular complexity index is 2650. The van der Waals surface area contributed by atoms with Gasteiger partial charge in [-0.25, -0.2) is 19.2 Å². The molecule has 0 heterocycles. The van der Waals surface area contributed by atoms with E-state index in [9.17, 15) is 19.2 Å². The lowest BCUT2D eigenvalue weighted by Gasteiger charge is -2.04. The summed E-state index contributed by atoms with van der Waals surface area (Å²) in [7, 11) is 1.87. The minimum atomic E-state index is -0.913. The smallest absolute Gasteiger partial charge is 0.335 e. The van der Waals surface area contributed by atoms with E-state index in [4.69, 9.17) is 26.2 Å². The minimum absolute atomic E-state index is 0.291. The van der Waals surface area contributed by atoms with Crippen molar-refractivity contribution in [2.24, 2.45) is 0 Å². The van der Waals surface area contributed by atoms with E-state index in [1.165, 1.54) is 5.56 Å². The summed E-state index contributed by atoms with van der Waals surface area (Å²) in [4.78, 5) is 42.7. The number of aromatic carboxylic acids is 4. The lowest BCUT2D eigenvalue weighted by molar-refractivity contribution is 0.0686. The van der Waals surface area contributed by atoms with Crippen LogP contribution < -0.4 is 11.1 Å². The summed E-state index contributed by atoms with van der Waals surface area (Å²) in [5.41, 5.74) is 18.1. The van der Waals surface area contributed by atoms with E-state index in [0.29, 0.717) is 27.9 Å². The number of aryl methyl sites for hydroxylation is 1. The number of nitrogen functional groups attached to an aromatic ring is 1. The molecule has 10 heteroatoms. The maximum Gasteiger partial charge on any atom is 0.335 e. The largest absolute Gasteiger partial charge is 0.478 e. The van der Waals surface area contributed by atoms with E-state index in [2.05, 4.69) is 5.32 Å². The molecule has 0 radical (unpaired) electrons. The van der Waals surface area contributed by atoms with E-state index in [1.54, 1.807) is 60.7 Å². The van der Waals surface area contributed by atoms with E-state index >= 15 is 0 Å². The van der Waals surface area contributed by atoms with Crippen LogP contribution in [0.4, 0.5) is 11.4 Å². The Balaban J connectivity index is 0.000000161. The van der Waals surface area contributed by atoms with Crippen LogP contribution in [0.2, 0.25) is 0 Å². The summed E-state index contributed by atoms with van der Waals surface area (Å²) in [6, 6.07) is 60.8. The number of rotatable bonds is 9. The van der Waals surface area contributed by atoms with Gasteiger partial charge in [0.05, 0.1) is 22.3 Å². The predicted molar refractivity (Wildman–Crippen MR) is 254 cm³/mol. The molecule has 0 saturated heterocycles. The molecule has 64 heavy (non-hydrogen) atoms. The van der Waals surface area contributed by atoms with Crippen molar-refractivity contribution in [3.8, 4) is 44.5 Å². The molecule has 0 spiro atoms. The van der Waals surface area contributed by atoms with E-state index in [-0.39, 0.29) is 0 Å². The Labute approximate surface area is 371 Å². The van der Waals surface area contributed by atoms with Crippen molar-refractivity contribution >= 4 is 35.3 Å².